The fraction of sp³-hybridized carbons (Fsp3) is 0.500. The number of amides is 1. The van der Waals surface area contributed by atoms with Crippen LogP contribution in [0.15, 0.2) is 24.3 Å². The Labute approximate surface area is 141 Å². The molecule has 0 spiro atoms. The molecule has 1 aromatic heterocycles. The zero-order valence-electron chi connectivity index (χ0n) is 13.9. The first kappa shape index (κ1) is 16.2. The van der Waals surface area contributed by atoms with Gasteiger partial charge in [0.2, 0.25) is 0 Å². The minimum atomic E-state index is -0.440. The molecule has 4 nitrogen and oxygen atoms in total. The number of hydrogen-bond donors (Lipinski definition) is 1. The smallest absolute Gasteiger partial charge is 0.410 e. The van der Waals surface area contributed by atoms with E-state index in [0.29, 0.717) is 5.92 Å². The van der Waals surface area contributed by atoms with Gasteiger partial charge in [0.05, 0.1) is 0 Å². The lowest BCUT2D eigenvalue weighted by Gasteiger charge is -2.33. The van der Waals surface area contributed by atoms with E-state index < -0.39 is 5.60 Å². The van der Waals surface area contributed by atoms with Gasteiger partial charge < -0.3 is 14.6 Å². The largest absolute Gasteiger partial charge is 0.444 e. The van der Waals surface area contributed by atoms with Crippen molar-refractivity contribution in [3.05, 3.63) is 35.0 Å². The molecular formula is C18H23ClN2O2. The van der Waals surface area contributed by atoms with Gasteiger partial charge in [0.1, 0.15) is 5.60 Å². The van der Waals surface area contributed by atoms with Gasteiger partial charge in [-0.3, -0.25) is 0 Å². The maximum Gasteiger partial charge on any atom is 0.410 e. The minimum absolute atomic E-state index is 0.209. The number of hydrogen-bond acceptors (Lipinski definition) is 2. The number of carbonyl (C=O) groups excluding carboxylic acids is 1. The molecule has 0 atom stereocenters. The third-order valence-corrected chi connectivity index (χ3v) is 4.43. The van der Waals surface area contributed by atoms with Crippen LogP contribution in [0.4, 0.5) is 4.79 Å². The number of carbonyl (C=O) groups is 1. The standard InChI is InChI=1S/C18H23ClN2O2/c1-18(2,3)23-17(22)21-8-6-12(7-9-21)16-11-13-10-14(19)4-5-15(13)20-16/h4-5,10-12,20H,6-9H2,1-3H3. The molecule has 1 aliphatic rings. The first-order valence-corrected chi connectivity index (χ1v) is 8.46. The number of likely N-dealkylation sites (tertiary alicyclic amines) is 1. The van der Waals surface area contributed by atoms with E-state index in [1.165, 1.54) is 5.69 Å². The van der Waals surface area contributed by atoms with Crippen molar-refractivity contribution in [3.8, 4) is 0 Å². The molecule has 1 fully saturated rings. The fourth-order valence-corrected chi connectivity index (χ4v) is 3.23. The van der Waals surface area contributed by atoms with Crippen molar-refractivity contribution in [1.29, 1.82) is 0 Å². The Morgan fingerprint density at radius 1 is 1.26 bits per heavy atom. The fourth-order valence-electron chi connectivity index (χ4n) is 3.05. The topological polar surface area (TPSA) is 45.3 Å². The molecule has 0 unspecified atom stereocenters. The predicted molar refractivity (Wildman–Crippen MR) is 93.1 cm³/mol. The number of rotatable bonds is 1. The summed E-state index contributed by atoms with van der Waals surface area (Å²) in [6.07, 6.45) is 1.68. The maximum absolute atomic E-state index is 12.1. The molecule has 1 saturated heterocycles. The molecule has 0 saturated carbocycles. The Hall–Kier alpha value is -1.68. The van der Waals surface area contributed by atoms with Crippen LogP contribution in [0.1, 0.15) is 45.2 Å². The van der Waals surface area contributed by atoms with Gasteiger partial charge in [-0.1, -0.05) is 11.6 Å². The van der Waals surface area contributed by atoms with Gasteiger partial charge in [0.15, 0.2) is 0 Å². The quantitative estimate of drug-likeness (QED) is 0.803. The van der Waals surface area contributed by atoms with Gasteiger partial charge >= 0.3 is 6.09 Å². The van der Waals surface area contributed by atoms with Crippen LogP contribution in [0.2, 0.25) is 5.02 Å². The molecule has 1 N–H and O–H groups in total. The number of aromatic nitrogens is 1. The number of H-pyrrole nitrogens is 1. The Bertz CT molecular complexity index is 709. The second-order valence-corrected chi connectivity index (χ2v) is 7.63. The van der Waals surface area contributed by atoms with Crippen LogP contribution in [0, 0.1) is 0 Å². The van der Waals surface area contributed by atoms with Crippen molar-refractivity contribution in [3.63, 3.8) is 0 Å². The highest BCUT2D eigenvalue weighted by Crippen LogP contribution is 2.31. The summed E-state index contributed by atoms with van der Waals surface area (Å²) in [5.41, 5.74) is 1.90. The lowest BCUT2D eigenvalue weighted by molar-refractivity contribution is 0.0204. The Morgan fingerprint density at radius 3 is 2.61 bits per heavy atom. The average Bonchev–Trinajstić information content (AvgIpc) is 2.88. The van der Waals surface area contributed by atoms with Crippen molar-refractivity contribution < 1.29 is 9.53 Å². The molecule has 23 heavy (non-hydrogen) atoms. The van der Waals surface area contributed by atoms with E-state index in [0.717, 1.165) is 41.9 Å². The summed E-state index contributed by atoms with van der Waals surface area (Å²) in [7, 11) is 0. The van der Waals surface area contributed by atoms with Crippen LogP contribution in [-0.4, -0.2) is 34.7 Å². The van der Waals surface area contributed by atoms with Gasteiger partial charge in [-0.05, 0) is 57.9 Å². The zero-order chi connectivity index (χ0) is 16.6. The highest BCUT2D eigenvalue weighted by molar-refractivity contribution is 6.31. The molecule has 1 aliphatic heterocycles. The Kier molecular flexibility index (Phi) is 4.28. The van der Waals surface area contributed by atoms with Crippen LogP contribution < -0.4 is 0 Å². The van der Waals surface area contributed by atoms with E-state index in [-0.39, 0.29) is 6.09 Å². The van der Waals surface area contributed by atoms with Gasteiger partial charge in [-0.2, -0.15) is 0 Å². The lowest BCUT2D eigenvalue weighted by Crippen LogP contribution is -2.41. The number of piperidine rings is 1. The number of aromatic amines is 1. The number of benzene rings is 1. The summed E-state index contributed by atoms with van der Waals surface area (Å²) in [4.78, 5) is 17.4. The number of halogens is 1. The summed E-state index contributed by atoms with van der Waals surface area (Å²) in [5, 5.41) is 1.89. The molecule has 124 valence electrons. The van der Waals surface area contributed by atoms with E-state index in [2.05, 4.69) is 11.1 Å². The Morgan fingerprint density at radius 2 is 1.96 bits per heavy atom. The van der Waals surface area contributed by atoms with E-state index in [1.54, 1.807) is 4.90 Å². The van der Waals surface area contributed by atoms with Crippen molar-refractivity contribution in [2.45, 2.75) is 45.1 Å². The summed E-state index contributed by atoms with van der Waals surface area (Å²) in [6.45, 7) is 7.15. The van der Waals surface area contributed by atoms with Crippen molar-refractivity contribution in [2.24, 2.45) is 0 Å². The van der Waals surface area contributed by atoms with Crippen LogP contribution in [0.25, 0.3) is 10.9 Å². The third kappa shape index (κ3) is 3.81. The molecule has 0 radical (unpaired) electrons. The van der Waals surface area contributed by atoms with E-state index in [1.807, 2.05) is 39.0 Å². The summed E-state index contributed by atoms with van der Waals surface area (Å²) < 4.78 is 5.44. The van der Waals surface area contributed by atoms with Gasteiger partial charge in [-0.25, -0.2) is 4.79 Å². The molecule has 5 heteroatoms. The van der Waals surface area contributed by atoms with Gasteiger partial charge in [-0.15, -0.1) is 0 Å². The summed E-state index contributed by atoms with van der Waals surface area (Å²) in [6, 6.07) is 8.06. The van der Waals surface area contributed by atoms with Crippen LogP contribution in [-0.2, 0) is 4.74 Å². The minimum Gasteiger partial charge on any atom is -0.444 e. The molecule has 1 aromatic carbocycles. The highest BCUT2D eigenvalue weighted by atomic mass is 35.5. The SMILES string of the molecule is CC(C)(C)OC(=O)N1CCC(c2cc3cc(Cl)ccc3[nH]2)CC1. The van der Waals surface area contributed by atoms with Gasteiger partial charge in [0.25, 0.3) is 0 Å². The molecular weight excluding hydrogens is 312 g/mol. The monoisotopic (exact) mass is 334 g/mol. The lowest BCUT2D eigenvalue weighted by atomic mass is 9.94. The second-order valence-electron chi connectivity index (χ2n) is 7.20. The molecule has 1 amide bonds. The number of ether oxygens (including phenoxy) is 1. The maximum atomic E-state index is 12.1. The van der Waals surface area contributed by atoms with Crippen molar-refractivity contribution >= 4 is 28.6 Å². The normalized spacial score (nSPS) is 16.8. The van der Waals surface area contributed by atoms with Crippen LogP contribution in [0.5, 0.6) is 0 Å². The molecule has 2 heterocycles. The van der Waals surface area contributed by atoms with Crippen molar-refractivity contribution in [2.75, 3.05) is 13.1 Å². The average molecular weight is 335 g/mol. The highest BCUT2D eigenvalue weighted by Gasteiger charge is 2.28. The molecule has 3 rings (SSSR count). The van der Waals surface area contributed by atoms with Gasteiger partial charge in [0, 0.05) is 40.6 Å². The first-order chi connectivity index (χ1) is 10.8. The number of nitrogens with one attached hydrogen (secondary N) is 1. The number of nitrogens with zero attached hydrogens (tertiary/aromatic N) is 1. The first-order valence-electron chi connectivity index (χ1n) is 8.08. The van der Waals surface area contributed by atoms with E-state index in [9.17, 15) is 4.79 Å². The molecule has 2 aromatic rings. The van der Waals surface area contributed by atoms with E-state index >= 15 is 0 Å². The summed E-state index contributed by atoms with van der Waals surface area (Å²) in [5.74, 6) is 0.444. The van der Waals surface area contributed by atoms with Crippen molar-refractivity contribution in [1.82, 2.24) is 9.88 Å². The Balaban J connectivity index is 1.65. The zero-order valence-corrected chi connectivity index (χ0v) is 14.6. The summed E-state index contributed by atoms with van der Waals surface area (Å²) >= 11 is 6.05. The van der Waals surface area contributed by atoms with Crippen LogP contribution in [0.3, 0.4) is 0 Å². The predicted octanol–water partition coefficient (Wildman–Crippen LogP) is 4.94. The second kappa shape index (κ2) is 6.08. The van der Waals surface area contributed by atoms with E-state index in [4.69, 9.17) is 16.3 Å². The third-order valence-electron chi connectivity index (χ3n) is 4.19. The van der Waals surface area contributed by atoms with Crippen LogP contribution >= 0.6 is 11.6 Å². The molecule has 0 aliphatic carbocycles. The molecule has 0 bridgehead atoms. The number of fused-ring (bicyclic) bond motifs is 1.